The minimum Gasteiger partial charge on any atom is -0.481 e. The lowest BCUT2D eigenvalue weighted by Gasteiger charge is -2.36. The maximum atomic E-state index is 10.7. The number of hydrogen-bond donors (Lipinski definition) is 2. The molecule has 0 bridgehead atoms. The first-order valence-corrected chi connectivity index (χ1v) is 9.04. The van der Waals surface area contributed by atoms with E-state index >= 15 is 0 Å². The van der Waals surface area contributed by atoms with Gasteiger partial charge in [-0.3, -0.25) is 9.79 Å². The van der Waals surface area contributed by atoms with Crippen molar-refractivity contribution < 1.29 is 14.6 Å². The molecule has 142 valence electrons. The van der Waals surface area contributed by atoms with Gasteiger partial charge in [0, 0.05) is 18.7 Å². The van der Waals surface area contributed by atoms with Crippen LogP contribution in [-0.4, -0.2) is 40.4 Å². The van der Waals surface area contributed by atoms with Gasteiger partial charge in [-0.05, 0) is 24.7 Å². The molecule has 0 amide bonds. The van der Waals surface area contributed by atoms with Crippen LogP contribution in [0.4, 0.5) is 5.69 Å². The Hall–Kier alpha value is -1.61. The molecule has 2 heterocycles. The summed E-state index contributed by atoms with van der Waals surface area (Å²) in [6.07, 6.45) is 3.96. The number of nitrogens with zero attached hydrogens (tertiary/aromatic N) is 3. The minimum atomic E-state index is -0.782. The SMILES string of the molecule is Br.COc1ncnc2c1NC1=C(S2)C(=NCCCC(=O)O)CC(C)(C)C1. The Morgan fingerprint density at radius 3 is 2.88 bits per heavy atom. The van der Waals surface area contributed by atoms with Crippen LogP contribution in [0.3, 0.4) is 0 Å². The van der Waals surface area contributed by atoms with Crippen LogP contribution in [0.5, 0.6) is 5.88 Å². The summed E-state index contributed by atoms with van der Waals surface area (Å²) in [4.78, 5) is 25.0. The number of methoxy groups -OCH3 is 1. The predicted octanol–water partition coefficient (Wildman–Crippen LogP) is 3.92. The normalized spacial score (nSPS) is 19.1. The third-order valence-corrected chi connectivity index (χ3v) is 5.32. The average molecular weight is 443 g/mol. The zero-order valence-corrected chi connectivity index (χ0v) is 17.6. The number of hydrogen-bond acceptors (Lipinski definition) is 7. The van der Waals surface area contributed by atoms with E-state index < -0.39 is 5.97 Å². The topological polar surface area (TPSA) is 96.7 Å². The van der Waals surface area contributed by atoms with E-state index in [9.17, 15) is 4.79 Å². The van der Waals surface area contributed by atoms with Crippen LogP contribution < -0.4 is 10.1 Å². The van der Waals surface area contributed by atoms with Crippen LogP contribution >= 0.6 is 28.7 Å². The molecule has 0 fully saturated rings. The van der Waals surface area contributed by atoms with Crippen LogP contribution in [-0.2, 0) is 4.79 Å². The van der Waals surface area contributed by atoms with Gasteiger partial charge >= 0.3 is 5.97 Å². The molecule has 0 spiro atoms. The van der Waals surface area contributed by atoms with E-state index in [1.165, 1.54) is 6.33 Å². The van der Waals surface area contributed by atoms with E-state index in [-0.39, 0.29) is 28.8 Å². The molecule has 7 nitrogen and oxygen atoms in total. The molecule has 0 saturated heterocycles. The van der Waals surface area contributed by atoms with Crippen molar-refractivity contribution in [3.05, 3.63) is 16.9 Å². The zero-order chi connectivity index (χ0) is 18.0. The van der Waals surface area contributed by atoms with Gasteiger partial charge in [0.05, 0.1) is 17.7 Å². The first-order chi connectivity index (χ1) is 11.9. The van der Waals surface area contributed by atoms with Gasteiger partial charge in [0.15, 0.2) is 0 Å². The molecule has 3 rings (SSSR count). The van der Waals surface area contributed by atoms with Gasteiger partial charge in [-0.15, -0.1) is 17.0 Å². The maximum Gasteiger partial charge on any atom is 0.303 e. The number of carboxylic acid groups (broad SMARTS) is 1. The first-order valence-electron chi connectivity index (χ1n) is 8.22. The largest absolute Gasteiger partial charge is 0.481 e. The maximum absolute atomic E-state index is 10.7. The summed E-state index contributed by atoms with van der Waals surface area (Å²) in [6, 6.07) is 0. The predicted molar refractivity (Wildman–Crippen MR) is 108 cm³/mol. The smallest absolute Gasteiger partial charge is 0.303 e. The van der Waals surface area contributed by atoms with E-state index in [1.807, 2.05) is 0 Å². The number of anilines is 1. The van der Waals surface area contributed by atoms with Crippen molar-refractivity contribution in [1.82, 2.24) is 9.97 Å². The van der Waals surface area contributed by atoms with Gasteiger partial charge in [-0.2, -0.15) is 4.98 Å². The number of halogens is 1. The standard InChI is InChI=1S/C17H22N4O3S.BrH/c1-17(2)7-10(18-6-4-5-12(22)23)14-11(8-17)21-13-15(24-3)19-9-20-16(13)25-14;/h9,21H,4-8H2,1-3H3,(H,22,23);1H. The second-order valence-electron chi connectivity index (χ2n) is 6.94. The van der Waals surface area contributed by atoms with Gasteiger partial charge < -0.3 is 15.2 Å². The first kappa shape index (κ1) is 20.7. The lowest BCUT2D eigenvalue weighted by molar-refractivity contribution is -0.137. The van der Waals surface area contributed by atoms with Gasteiger partial charge in [0.25, 0.3) is 0 Å². The fourth-order valence-corrected chi connectivity index (χ4v) is 4.10. The molecule has 0 unspecified atom stereocenters. The Labute approximate surface area is 167 Å². The summed E-state index contributed by atoms with van der Waals surface area (Å²) >= 11 is 1.58. The molecule has 9 heteroatoms. The number of fused-ring (bicyclic) bond motifs is 1. The monoisotopic (exact) mass is 442 g/mol. The van der Waals surface area contributed by atoms with Gasteiger partial charge in [-0.25, -0.2) is 4.98 Å². The van der Waals surface area contributed by atoms with Crippen molar-refractivity contribution in [2.75, 3.05) is 19.0 Å². The van der Waals surface area contributed by atoms with Crippen molar-refractivity contribution in [2.45, 2.75) is 44.6 Å². The second-order valence-corrected chi connectivity index (χ2v) is 7.94. The number of thioether (sulfide) groups is 1. The Morgan fingerprint density at radius 2 is 2.19 bits per heavy atom. The number of aromatic nitrogens is 2. The van der Waals surface area contributed by atoms with E-state index in [0.29, 0.717) is 18.8 Å². The fraction of sp³-hybridized carbons (Fsp3) is 0.529. The molecular weight excluding hydrogens is 420 g/mol. The van der Waals surface area contributed by atoms with Crippen molar-refractivity contribution in [1.29, 1.82) is 0 Å². The van der Waals surface area contributed by atoms with Crippen molar-refractivity contribution in [2.24, 2.45) is 10.4 Å². The molecule has 0 saturated carbocycles. The van der Waals surface area contributed by atoms with Crippen LogP contribution in [0.15, 0.2) is 26.9 Å². The Kier molecular flexibility index (Phi) is 6.68. The van der Waals surface area contributed by atoms with Crippen LogP contribution in [0.25, 0.3) is 0 Å². The summed E-state index contributed by atoms with van der Waals surface area (Å²) in [5.74, 6) is -0.247. The highest BCUT2D eigenvalue weighted by Crippen LogP contribution is 2.49. The van der Waals surface area contributed by atoms with E-state index in [4.69, 9.17) is 14.8 Å². The second kappa shape index (κ2) is 8.39. The third kappa shape index (κ3) is 4.56. The highest BCUT2D eigenvalue weighted by atomic mass is 79.9. The highest BCUT2D eigenvalue weighted by molar-refractivity contribution is 8.93. The molecule has 0 atom stereocenters. The molecule has 1 aliphatic carbocycles. The number of carboxylic acids is 1. The third-order valence-electron chi connectivity index (χ3n) is 4.13. The number of aliphatic carboxylic acids is 1. The minimum absolute atomic E-state index is 0. The number of ether oxygens (including phenoxy) is 1. The van der Waals surface area contributed by atoms with E-state index in [0.717, 1.165) is 39.9 Å². The number of nitrogens with one attached hydrogen (secondary N) is 1. The Morgan fingerprint density at radius 1 is 1.42 bits per heavy atom. The quantitative estimate of drug-likeness (QED) is 0.526. The summed E-state index contributed by atoms with van der Waals surface area (Å²) in [5, 5.41) is 13.1. The number of carbonyl (C=O) groups is 1. The average Bonchev–Trinajstić information content (AvgIpc) is 2.55. The molecule has 26 heavy (non-hydrogen) atoms. The molecule has 2 N–H and O–H groups in total. The summed E-state index contributed by atoms with van der Waals surface area (Å²) < 4.78 is 5.34. The fourth-order valence-electron chi connectivity index (χ4n) is 3.06. The van der Waals surface area contributed by atoms with Crippen LogP contribution in [0, 0.1) is 5.41 Å². The lowest BCUT2D eigenvalue weighted by Crippen LogP contribution is -2.29. The summed E-state index contributed by atoms with van der Waals surface area (Å²) in [5.41, 5.74) is 3.02. The van der Waals surface area contributed by atoms with Gasteiger partial charge in [0.1, 0.15) is 17.0 Å². The Bertz CT molecular complexity index is 764. The van der Waals surface area contributed by atoms with Crippen LogP contribution in [0.2, 0.25) is 0 Å². The van der Waals surface area contributed by atoms with Crippen LogP contribution in [0.1, 0.15) is 39.5 Å². The molecular formula is C17H23BrN4O3S. The molecule has 1 aromatic rings. The molecule has 1 aliphatic heterocycles. The zero-order valence-electron chi connectivity index (χ0n) is 15.0. The molecule has 2 aliphatic rings. The molecule has 1 aromatic heterocycles. The molecule has 0 aromatic carbocycles. The number of aliphatic imine (C=N–C) groups is 1. The number of rotatable bonds is 5. The molecule has 0 radical (unpaired) electrons. The summed E-state index contributed by atoms with van der Waals surface area (Å²) in [6.45, 7) is 4.95. The number of allylic oxidation sites excluding steroid dienone is 2. The van der Waals surface area contributed by atoms with Crippen molar-refractivity contribution >= 4 is 46.1 Å². The Balaban J connectivity index is 0.00000243. The summed E-state index contributed by atoms with van der Waals surface area (Å²) in [7, 11) is 1.60. The van der Waals surface area contributed by atoms with E-state index in [1.54, 1.807) is 18.9 Å². The lowest BCUT2D eigenvalue weighted by atomic mass is 9.78. The van der Waals surface area contributed by atoms with Crippen molar-refractivity contribution in [3.63, 3.8) is 0 Å². The van der Waals surface area contributed by atoms with Gasteiger partial charge in [0.2, 0.25) is 5.88 Å². The van der Waals surface area contributed by atoms with Crippen molar-refractivity contribution in [3.8, 4) is 5.88 Å². The van der Waals surface area contributed by atoms with Gasteiger partial charge in [-0.1, -0.05) is 25.6 Å². The van der Waals surface area contributed by atoms with E-state index in [2.05, 4.69) is 29.1 Å². The highest BCUT2D eigenvalue weighted by Gasteiger charge is 2.36.